The van der Waals surface area contributed by atoms with E-state index >= 15 is 0 Å². The van der Waals surface area contributed by atoms with Crippen LogP contribution in [0, 0.1) is 0 Å². The summed E-state index contributed by atoms with van der Waals surface area (Å²) in [7, 11) is 0. The number of aromatic nitrogens is 2. The van der Waals surface area contributed by atoms with Crippen molar-refractivity contribution in [3.05, 3.63) is 15.3 Å². The molecule has 0 saturated heterocycles. The van der Waals surface area contributed by atoms with Gasteiger partial charge in [-0.3, -0.25) is 4.68 Å². The first-order valence-corrected chi connectivity index (χ1v) is 9.77. The van der Waals surface area contributed by atoms with Gasteiger partial charge in [0.2, 0.25) is 0 Å². The molecule has 1 aromatic heterocycles. The first kappa shape index (κ1) is 20.9. The summed E-state index contributed by atoms with van der Waals surface area (Å²) in [6.45, 7) is 6.43. The van der Waals surface area contributed by atoms with E-state index in [1.165, 1.54) is 25.7 Å². The molecule has 0 amide bonds. The number of hydrogen-bond acceptors (Lipinski definition) is 1. The van der Waals surface area contributed by atoms with Gasteiger partial charge in [0.15, 0.2) is 5.15 Å². The van der Waals surface area contributed by atoms with Crippen molar-refractivity contribution in [1.82, 2.24) is 9.78 Å². The fourth-order valence-corrected chi connectivity index (χ4v) is 4.16. The van der Waals surface area contributed by atoms with Crippen molar-refractivity contribution in [2.45, 2.75) is 90.5 Å². The van der Waals surface area contributed by atoms with E-state index in [9.17, 15) is 8.78 Å². The van der Waals surface area contributed by atoms with Crippen LogP contribution in [0.2, 0.25) is 5.15 Å². The third kappa shape index (κ3) is 5.70. The Balaban J connectivity index is 2.94. The molecule has 134 valence electrons. The van der Waals surface area contributed by atoms with Crippen LogP contribution in [-0.2, 0) is 5.54 Å². The summed E-state index contributed by atoms with van der Waals surface area (Å²) in [5.74, 6) is 0. The Morgan fingerprint density at radius 2 is 1.65 bits per heavy atom. The minimum Gasteiger partial charge on any atom is -0.251 e. The highest BCUT2D eigenvalue weighted by atomic mass is 79.9. The Hall–Kier alpha value is -0.160. The molecule has 0 aromatic carbocycles. The Morgan fingerprint density at radius 1 is 1.09 bits per heavy atom. The Labute approximate surface area is 152 Å². The number of unbranched alkanes of at least 4 members (excludes halogenated alkanes) is 5. The highest BCUT2D eigenvalue weighted by molar-refractivity contribution is 9.10. The van der Waals surface area contributed by atoms with Gasteiger partial charge in [0.25, 0.3) is 6.43 Å². The van der Waals surface area contributed by atoms with Gasteiger partial charge < -0.3 is 0 Å². The van der Waals surface area contributed by atoms with Crippen molar-refractivity contribution in [3.63, 3.8) is 0 Å². The summed E-state index contributed by atoms with van der Waals surface area (Å²) >= 11 is 9.25. The van der Waals surface area contributed by atoms with E-state index in [0.717, 1.165) is 32.1 Å². The monoisotopic (exact) mass is 412 g/mol. The van der Waals surface area contributed by atoms with Gasteiger partial charge in [-0.15, -0.1) is 0 Å². The summed E-state index contributed by atoms with van der Waals surface area (Å²) in [6.07, 6.45) is 7.27. The molecule has 2 nitrogen and oxygen atoms in total. The third-order valence-corrected chi connectivity index (χ3v) is 5.48. The molecule has 0 N–H and O–H groups in total. The van der Waals surface area contributed by atoms with Gasteiger partial charge >= 0.3 is 0 Å². The Kier molecular flexibility index (Phi) is 9.06. The lowest BCUT2D eigenvalue weighted by molar-refractivity contribution is 0.149. The summed E-state index contributed by atoms with van der Waals surface area (Å²) in [5.41, 5.74) is -0.474. The van der Waals surface area contributed by atoms with Crippen LogP contribution in [0.4, 0.5) is 8.78 Å². The van der Waals surface area contributed by atoms with Gasteiger partial charge in [-0.25, -0.2) is 8.78 Å². The average molecular weight is 414 g/mol. The van der Waals surface area contributed by atoms with Crippen molar-refractivity contribution in [1.29, 1.82) is 0 Å². The third-order valence-electron chi connectivity index (χ3n) is 4.44. The second-order valence-electron chi connectivity index (χ2n) is 6.47. The summed E-state index contributed by atoms with van der Waals surface area (Å²) < 4.78 is 28.3. The van der Waals surface area contributed by atoms with E-state index in [4.69, 9.17) is 11.6 Å². The summed E-state index contributed by atoms with van der Waals surface area (Å²) in [5, 5.41) is 4.13. The second kappa shape index (κ2) is 9.97. The number of alkyl halides is 2. The van der Waals surface area contributed by atoms with Crippen molar-refractivity contribution < 1.29 is 8.78 Å². The average Bonchev–Trinajstić information content (AvgIpc) is 2.80. The molecule has 1 aromatic rings. The lowest BCUT2D eigenvalue weighted by Gasteiger charge is -2.31. The molecule has 0 radical (unpaired) electrons. The SMILES string of the molecule is CCCCCCCC(C)(CCCC)n1nc(Cl)c(C(F)F)c1Br. The molecule has 1 unspecified atom stereocenters. The van der Waals surface area contributed by atoms with Crippen LogP contribution < -0.4 is 0 Å². The van der Waals surface area contributed by atoms with Gasteiger partial charge in [-0.05, 0) is 35.7 Å². The molecule has 23 heavy (non-hydrogen) atoms. The quantitative estimate of drug-likeness (QED) is 0.343. The standard InChI is InChI=1S/C17H28BrClF2N2/c1-4-6-8-9-10-12-17(3,11-7-5-2)23-14(18)13(16(20)21)15(19)22-23/h16H,4-12H2,1-3H3. The highest BCUT2D eigenvalue weighted by Crippen LogP contribution is 2.39. The van der Waals surface area contributed by atoms with Crippen molar-refractivity contribution in [2.24, 2.45) is 0 Å². The molecule has 1 heterocycles. The predicted molar refractivity (Wildman–Crippen MR) is 96.4 cm³/mol. The van der Waals surface area contributed by atoms with E-state index in [0.29, 0.717) is 4.60 Å². The molecule has 0 aliphatic rings. The van der Waals surface area contributed by atoms with Crippen molar-refractivity contribution >= 4 is 27.5 Å². The molecule has 0 fully saturated rings. The maximum Gasteiger partial charge on any atom is 0.269 e. The van der Waals surface area contributed by atoms with E-state index < -0.39 is 6.43 Å². The zero-order chi connectivity index (χ0) is 17.5. The maximum absolute atomic E-state index is 13.2. The van der Waals surface area contributed by atoms with E-state index in [1.807, 2.05) is 0 Å². The predicted octanol–water partition coefficient (Wildman–Crippen LogP) is 7.50. The zero-order valence-corrected chi connectivity index (χ0v) is 16.7. The van der Waals surface area contributed by atoms with Crippen molar-refractivity contribution in [2.75, 3.05) is 0 Å². The first-order valence-electron chi connectivity index (χ1n) is 8.60. The number of hydrogen-bond donors (Lipinski definition) is 0. The maximum atomic E-state index is 13.2. The van der Waals surface area contributed by atoms with Crippen LogP contribution in [-0.4, -0.2) is 9.78 Å². The lowest BCUT2D eigenvalue weighted by Crippen LogP contribution is -2.31. The Bertz CT molecular complexity index is 479. The van der Waals surface area contributed by atoms with E-state index in [1.54, 1.807) is 4.68 Å². The minimum absolute atomic E-state index is 0.0967. The van der Waals surface area contributed by atoms with Crippen molar-refractivity contribution in [3.8, 4) is 0 Å². The van der Waals surface area contributed by atoms with Crippen LogP contribution in [0.5, 0.6) is 0 Å². The normalized spacial score (nSPS) is 14.4. The number of nitrogens with zero attached hydrogens (tertiary/aromatic N) is 2. The zero-order valence-electron chi connectivity index (χ0n) is 14.3. The second-order valence-corrected chi connectivity index (χ2v) is 7.58. The molecule has 6 heteroatoms. The van der Waals surface area contributed by atoms with E-state index in [2.05, 4.69) is 41.8 Å². The van der Waals surface area contributed by atoms with Gasteiger partial charge in [-0.2, -0.15) is 5.10 Å². The molecule has 0 aliphatic carbocycles. The van der Waals surface area contributed by atoms with Crippen LogP contribution in [0.25, 0.3) is 0 Å². The fraction of sp³-hybridized carbons (Fsp3) is 0.824. The van der Waals surface area contributed by atoms with Gasteiger partial charge in [0.05, 0.1) is 11.1 Å². The first-order chi connectivity index (χ1) is 10.9. The Morgan fingerprint density at radius 3 is 2.17 bits per heavy atom. The lowest BCUT2D eigenvalue weighted by atomic mass is 9.88. The molecule has 0 spiro atoms. The number of halogens is 4. The van der Waals surface area contributed by atoms with E-state index in [-0.39, 0.29) is 16.3 Å². The molecule has 0 bridgehead atoms. The van der Waals surface area contributed by atoms with Crippen LogP contribution in [0.1, 0.15) is 90.5 Å². The molecular formula is C17H28BrClF2N2. The largest absolute Gasteiger partial charge is 0.269 e. The number of rotatable bonds is 11. The minimum atomic E-state index is -2.62. The summed E-state index contributed by atoms with van der Waals surface area (Å²) in [4.78, 5) is 0. The molecule has 0 aliphatic heterocycles. The highest BCUT2D eigenvalue weighted by Gasteiger charge is 2.33. The summed E-state index contributed by atoms with van der Waals surface area (Å²) in [6, 6.07) is 0. The molecule has 1 rings (SSSR count). The smallest absolute Gasteiger partial charge is 0.251 e. The van der Waals surface area contributed by atoms with Gasteiger partial charge in [-0.1, -0.05) is 70.4 Å². The van der Waals surface area contributed by atoms with Gasteiger partial charge in [0.1, 0.15) is 4.60 Å². The molecule has 0 saturated carbocycles. The topological polar surface area (TPSA) is 17.8 Å². The van der Waals surface area contributed by atoms with Crippen LogP contribution in [0.3, 0.4) is 0 Å². The molecule has 1 atom stereocenters. The van der Waals surface area contributed by atoms with Gasteiger partial charge in [0, 0.05) is 0 Å². The molecular weight excluding hydrogens is 386 g/mol. The van der Waals surface area contributed by atoms with Crippen LogP contribution >= 0.6 is 27.5 Å². The van der Waals surface area contributed by atoms with Crippen LogP contribution in [0.15, 0.2) is 4.60 Å². The fourth-order valence-electron chi connectivity index (χ4n) is 2.93.